The molecule has 0 amide bonds. The Balaban J connectivity index is 3.65. The molecule has 94 valence electrons. The summed E-state index contributed by atoms with van der Waals surface area (Å²) in [7, 11) is -1.92. The molecule has 16 heavy (non-hydrogen) atoms. The highest BCUT2D eigenvalue weighted by Gasteiger charge is 2.15. The summed E-state index contributed by atoms with van der Waals surface area (Å²) < 4.78 is 17.0. The normalized spacial score (nSPS) is 11.2. The van der Waals surface area contributed by atoms with E-state index in [0.29, 0.717) is 12.2 Å². The molecule has 0 aliphatic heterocycles. The first-order valence-electron chi connectivity index (χ1n) is 5.85. The summed E-state index contributed by atoms with van der Waals surface area (Å²) >= 11 is 0. The fourth-order valence-electron chi connectivity index (χ4n) is 1.33. The van der Waals surface area contributed by atoms with Crippen LogP contribution in [0.1, 0.15) is 33.6 Å². The number of hydrogen-bond donors (Lipinski definition) is 0. The van der Waals surface area contributed by atoms with Gasteiger partial charge < -0.3 is 9.30 Å². The summed E-state index contributed by atoms with van der Waals surface area (Å²) in [5.74, 6) is -0.339. The molecule has 4 heteroatoms. The second kappa shape index (κ2) is 7.67. The molecule has 0 fully saturated rings. The number of rotatable bonds is 8. The first kappa shape index (κ1) is 15.4. The van der Waals surface area contributed by atoms with Crippen LogP contribution in [0.25, 0.3) is 0 Å². The van der Waals surface area contributed by atoms with Crippen LogP contribution in [0.2, 0.25) is 0 Å². The Morgan fingerprint density at radius 2 is 1.81 bits per heavy atom. The maximum atomic E-state index is 12.0. The van der Waals surface area contributed by atoms with E-state index in [1.165, 1.54) is 0 Å². The van der Waals surface area contributed by atoms with E-state index < -0.39 is 7.14 Å². The lowest BCUT2D eigenvalue weighted by Gasteiger charge is -2.13. The summed E-state index contributed by atoms with van der Waals surface area (Å²) in [4.78, 5) is 11.0. The van der Waals surface area contributed by atoms with Crippen LogP contribution in [0.15, 0.2) is 12.2 Å². The van der Waals surface area contributed by atoms with Crippen molar-refractivity contribution in [3.8, 4) is 0 Å². The lowest BCUT2D eigenvalue weighted by atomic mass is 10.3. The van der Waals surface area contributed by atoms with Crippen LogP contribution in [-0.4, -0.2) is 31.1 Å². The van der Waals surface area contributed by atoms with Crippen molar-refractivity contribution < 1.29 is 14.1 Å². The largest absolute Gasteiger partial charge is 0.462 e. The Hall–Kier alpha value is -0.560. The monoisotopic (exact) mass is 246 g/mol. The van der Waals surface area contributed by atoms with Crippen LogP contribution < -0.4 is 0 Å². The van der Waals surface area contributed by atoms with E-state index in [2.05, 4.69) is 6.58 Å². The second-order valence-corrected chi connectivity index (χ2v) is 7.87. The summed E-state index contributed by atoms with van der Waals surface area (Å²) in [5, 5.41) is 0. The molecule has 0 aliphatic rings. The average molecular weight is 246 g/mol. The van der Waals surface area contributed by atoms with Gasteiger partial charge in [0, 0.05) is 11.7 Å². The molecule has 0 saturated carbocycles. The highest BCUT2D eigenvalue weighted by molar-refractivity contribution is 7.63. The van der Waals surface area contributed by atoms with E-state index in [1.807, 2.05) is 13.8 Å². The summed E-state index contributed by atoms with van der Waals surface area (Å²) in [6, 6.07) is 0. The van der Waals surface area contributed by atoms with Gasteiger partial charge in [-0.2, -0.15) is 0 Å². The SMILES string of the molecule is C=C(C)C(=O)OCCCCP(=O)(CC)CC. The molecule has 0 aliphatic carbocycles. The lowest BCUT2D eigenvalue weighted by molar-refractivity contribution is -0.139. The van der Waals surface area contributed by atoms with Crippen molar-refractivity contribution in [3.63, 3.8) is 0 Å². The molecule has 0 spiro atoms. The summed E-state index contributed by atoms with van der Waals surface area (Å²) in [6.45, 7) is 9.49. The lowest BCUT2D eigenvalue weighted by Crippen LogP contribution is -2.07. The molecule has 0 aromatic rings. The number of ether oxygens (including phenoxy) is 1. The molecular weight excluding hydrogens is 223 g/mol. The van der Waals surface area contributed by atoms with Gasteiger partial charge in [-0.25, -0.2) is 4.79 Å². The van der Waals surface area contributed by atoms with Gasteiger partial charge in [0.1, 0.15) is 0 Å². The minimum Gasteiger partial charge on any atom is -0.462 e. The van der Waals surface area contributed by atoms with Crippen molar-refractivity contribution in [1.82, 2.24) is 0 Å². The highest BCUT2D eigenvalue weighted by atomic mass is 31.2. The Morgan fingerprint density at radius 3 is 2.25 bits per heavy atom. The Kier molecular flexibility index (Phi) is 7.40. The minimum absolute atomic E-state index is 0.339. The van der Waals surface area contributed by atoms with E-state index in [9.17, 15) is 9.36 Å². The standard InChI is InChI=1S/C12H23O3P/c1-5-16(14,6-2)10-8-7-9-15-12(13)11(3)4/h3,5-10H2,1-2,4H3. The van der Waals surface area contributed by atoms with Crippen molar-refractivity contribution in [2.24, 2.45) is 0 Å². The molecule has 3 nitrogen and oxygen atoms in total. The van der Waals surface area contributed by atoms with Gasteiger partial charge in [-0.3, -0.25) is 0 Å². The van der Waals surface area contributed by atoms with E-state index in [4.69, 9.17) is 4.74 Å². The second-order valence-electron chi connectivity index (χ2n) is 4.04. The first-order valence-corrected chi connectivity index (χ1v) is 8.11. The quantitative estimate of drug-likeness (QED) is 0.286. The van der Waals surface area contributed by atoms with Crippen molar-refractivity contribution >= 4 is 13.1 Å². The number of hydrogen-bond acceptors (Lipinski definition) is 3. The van der Waals surface area contributed by atoms with Crippen molar-refractivity contribution in [2.75, 3.05) is 25.1 Å². The van der Waals surface area contributed by atoms with Gasteiger partial charge in [0.25, 0.3) is 0 Å². The van der Waals surface area contributed by atoms with E-state index >= 15 is 0 Å². The Morgan fingerprint density at radius 1 is 1.25 bits per heavy atom. The number of carbonyl (C=O) groups is 1. The molecule has 0 N–H and O–H groups in total. The molecular formula is C12H23O3P. The number of carbonyl (C=O) groups excluding carboxylic acids is 1. The topological polar surface area (TPSA) is 43.4 Å². The third kappa shape index (κ3) is 6.12. The minimum atomic E-state index is -1.92. The van der Waals surface area contributed by atoms with Crippen molar-refractivity contribution in [3.05, 3.63) is 12.2 Å². The van der Waals surface area contributed by atoms with Crippen LogP contribution in [0.3, 0.4) is 0 Å². The van der Waals surface area contributed by atoms with Crippen LogP contribution in [0, 0.1) is 0 Å². The zero-order chi connectivity index (χ0) is 12.6. The van der Waals surface area contributed by atoms with Gasteiger partial charge in [0.2, 0.25) is 0 Å². The molecule has 0 radical (unpaired) electrons. The van der Waals surface area contributed by atoms with Crippen LogP contribution in [-0.2, 0) is 14.1 Å². The zero-order valence-corrected chi connectivity index (χ0v) is 11.5. The van der Waals surface area contributed by atoms with Gasteiger partial charge in [0.05, 0.1) is 13.7 Å². The molecule has 0 unspecified atom stereocenters. The predicted molar refractivity (Wildman–Crippen MR) is 68.6 cm³/mol. The first-order chi connectivity index (χ1) is 7.45. The maximum absolute atomic E-state index is 12.0. The number of unbranched alkanes of at least 4 members (excludes halogenated alkanes) is 1. The van der Waals surface area contributed by atoms with Crippen LogP contribution in [0.5, 0.6) is 0 Å². The third-order valence-electron chi connectivity index (χ3n) is 2.69. The third-order valence-corrected chi connectivity index (χ3v) is 6.13. The average Bonchev–Trinajstić information content (AvgIpc) is 2.27. The van der Waals surface area contributed by atoms with Gasteiger partial charge in [-0.05, 0) is 32.1 Å². The molecule has 0 aromatic heterocycles. The summed E-state index contributed by atoms with van der Waals surface area (Å²) in [5.41, 5.74) is 0.424. The zero-order valence-electron chi connectivity index (χ0n) is 10.6. The molecule has 0 aromatic carbocycles. The van der Waals surface area contributed by atoms with Gasteiger partial charge in [0.15, 0.2) is 0 Å². The molecule has 0 bridgehead atoms. The summed E-state index contributed by atoms with van der Waals surface area (Å²) in [6.07, 6.45) is 3.96. The Bertz CT molecular complexity index is 276. The molecule has 0 heterocycles. The van der Waals surface area contributed by atoms with E-state index in [1.54, 1.807) is 6.92 Å². The predicted octanol–water partition coefficient (Wildman–Crippen LogP) is 3.29. The maximum Gasteiger partial charge on any atom is 0.333 e. The van der Waals surface area contributed by atoms with E-state index in [-0.39, 0.29) is 5.97 Å². The van der Waals surface area contributed by atoms with Gasteiger partial charge in [-0.15, -0.1) is 0 Å². The molecule has 0 rings (SSSR count). The van der Waals surface area contributed by atoms with Crippen molar-refractivity contribution in [1.29, 1.82) is 0 Å². The van der Waals surface area contributed by atoms with Crippen molar-refractivity contribution in [2.45, 2.75) is 33.6 Å². The molecule has 0 atom stereocenters. The van der Waals surface area contributed by atoms with Crippen LogP contribution >= 0.6 is 7.14 Å². The number of esters is 1. The smallest absolute Gasteiger partial charge is 0.333 e. The van der Waals surface area contributed by atoms with E-state index in [0.717, 1.165) is 31.3 Å². The van der Waals surface area contributed by atoms with Gasteiger partial charge >= 0.3 is 5.97 Å². The van der Waals surface area contributed by atoms with Gasteiger partial charge in [-0.1, -0.05) is 20.4 Å². The highest BCUT2D eigenvalue weighted by Crippen LogP contribution is 2.45. The Labute approximate surface area is 98.6 Å². The van der Waals surface area contributed by atoms with Crippen LogP contribution in [0.4, 0.5) is 0 Å². The fraction of sp³-hybridized carbons (Fsp3) is 0.750. The fourth-order valence-corrected chi connectivity index (χ4v) is 3.21. The molecule has 0 saturated heterocycles.